The van der Waals surface area contributed by atoms with Crippen LogP contribution in [0.1, 0.15) is 22.6 Å². The zero-order valence-corrected chi connectivity index (χ0v) is 14.5. The molecule has 2 aromatic rings. The Hall–Kier alpha value is -2.05. The van der Waals surface area contributed by atoms with Crippen LogP contribution in [0.4, 0.5) is 13.2 Å². The summed E-state index contributed by atoms with van der Waals surface area (Å²) >= 11 is 12.1. The van der Waals surface area contributed by atoms with Crippen LogP contribution in [0, 0.1) is 5.92 Å². The Morgan fingerprint density at radius 2 is 1.69 bits per heavy atom. The number of fused-ring (bicyclic) bond motifs is 1. The molecule has 1 heterocycles. The van der Waals surface area contributed by atoms with Crippen molar-refractivity contribution in [3.05, 3.63) is 69.2 Å². The van der Waals surface area contributed by atoms with Gasteiger partial charge in [-0.15, -0.1) is 0 Å². The number of carbonyl (C=O) groups excluding carboxylic acids is 1. The Morgan fingerprint density at radius 1 is 1.00 bits per heavy atom. The summed E-state index contributed by atoms with van der Waals surface area (Å²) in [6.07, 6.45) is -4.41. The van der Waals surface area contributed by atoms with Crippen molar-refractivity contribution < 1.29 is 18.0 Å². The van der Waals surface area contributed by atoms with E-state index >= 15 is 0 Å². The summed E-state index contributed by atoms with van der Waals surface area (Å²) in [5, 5.41) is 4.12. The second-order valence-electron chi connectivity index (χ2n) is 6.26. The molecule has 8 heteroatoms. The molecule has 0 aromatic heterocycles. The van der Waals surface area contributed by atoms with Crippen LogP contribution >= 0.6 is 23.2 Å². The Bertz CT molecular complexity index is 925. The zero-order chi connectivity index (χ0) is 18.6. The average molecular weight is 399 g/mol. The minimum absolute atomic E-state index is 0.136. The van der Waals surface area contributed by atoms with Crippen molar-refractivity contribution in [1.82, 2.24) is 5.32 Å². The number of nitrogens with zero attached hydrogens (tertiary/aromatic N) is 1. The van der Waals surface area contributed by atoms with E-state index in [2.05, 4.69) is 10.3 Å². The fourth-order valence-corrected chi connectivity index (χ4v) is 3.83. The van der Waals surface area contributed by atoms with Crippen LogP contribution in [-0.4, -0.2) is 17.8 Å². The van der Waals surface area contributed by atoms with Crippen molar-refractivity contribution in [2.24, 2.45) is 10.9 Å². The largest absolute Gasteiger partial charge is 0.416 e. The van der Waals surface area contributed by atoms with Gasteiger partial charge in [-0.05, 0) is 29.8 Å². The van der Waals surface area contributed by atoms with Gasteiger partial charge in [0.2, 0.25) is 0 Å². The molecule has 4 rings (SSSR count). The van der Waals surface area contributed by atoms with E-state index in [0.717, 1.165) is 17.7 Å². The molecule has 3 nitrogen and oxygen atoms in total. The van der Waals surface area contributed by atoms with Gasteiger partial charge in [-0.1, -0.05) is 41.4 Å². The smallest absolute Gasteiger partial charge is 0.365 e. The molecule has 2 aromatic carbocycles. The van der Waals surface area contributed by atoms with Gasteiger partial charge in [-0.3, -0.25) is 4.79 Å². The van der Waals surface area contributed by atoms with Gasteiger partial charge in [0.1, 0.15) is 5.84 Å². The minimum Gasteiger partial charge on any atom is -0.365 e. The molecule has 3 atom stereocenters. The predicted octanol–water partition coefficient (Wildman–Crippen LogP) is 4.67. The molecule has 2 aliphatic rings. The number of rotatable bonds is 2. The summed E-state index contributed by atoms with van der Waals surface area (Å²) in [5.74, 6) is -0.493. The highest BCUT2D eigenvalue weighted by molar-refractivity contribution is 6.35. The van der Waals surface area contributed by atoms with Crippen molar-refractivity contribution in [3.63, 3.8) is 0 Å². The van der Waals surface area contributed by atoms with E-state index in [1.807, 2.05) is 0 Å². The molecule has 1 aliphatic heterocycles. The highest BCUT2D eigenvalue weighted by atomic mass is 35.5. The van der Waals surface area contributed by atoms with E-state index < -0.39 is 11.7 Å². The van der Waals surface area contributed by atoms with Gasteiger partial charge in [0.25, 0.3) is 5.91 Å². The molecule has 0 spiro atoms. The summed E-state index contributed by atoms with van der Waals surface area (Å²) < 4.78 is 38.0. The van der Waals surface area contributed by atoms with Crippen molar-refractivity contribution in [2.75, 3.05) is 0 Å². The topological polar surface area (TPSA) is 41.5 Å². The lowest BCUT2D eigenvalue weighted by Gasteiger charge is -2.14. The Kier molecular flexibility index (Phi) is 4.00. The molecule has 1 amide bonds. The summed E-state index contributed by atoms with van der Waals surface area (Å²) in [7, 11) is 0. The van der Waals surface area contributed by atoms with Crippen molar-refractivity contribution >= 4 is 34.9 Å². The van der Waals surface area contributed by atoms with Gasteiger partial charge < -0.3 is 5.32 Å². The van der Waals surface area contributed by atoms with Crippen LogP contribution in [0.3, 0.4) is 0 Å². The molecule has 1 fully saturated rings. The number of hydrogen-bond donors (Lipinski definition) is 1. The number of carbonyl (C=O) groups is 1. The normalized spacial score (nSPS) is 24.6. The van der Waals surface area contributed by atoms with Gasteiger partial charge in [-0.2, -0.15) is 18.2 Å². The first kappa shape index (κ1) is 17.4. The fourth-order valence-electron chi connectivity index (χ4n) is 3.30. The molecular formula is C18H11Cl2F3N2O. The summed E-state index contributed by atoms with van der Waals surface area (Å²) in [6.45, 7) is 0. The molecule has 0 radical (unpaired) electrons. The molecule has 1 aliphatic carbocycles. The molecule has 0 saturated heterocycles. The maximum atomic E-state index is 12.7. The van der Waals surface area contributed by atoms with Crippen molar-refractivity contribution in [3.8, 4) is 0 Å². The molecule has 3 unspecified atom stereocenters. The standard InChI is InChI=1S/C18H11Cl2F3N2O/c19-10-5-6-11(12(20)7-10)13-14-15(13)24-16(25-17(14)26)8-1-3-9(4-2-8)18(21,22)23/h1-7,13-15H,(H,24,25,26). The lowest BCUT2D eigenvalue weighted by atomic mass is 10.1. The van der Waals surface area contributed by atoms with Crippen LogP contribution in [0.15, 0.2) is 47.5 Å². The highest BCUT2D eigenvalue weighted by Crippen LogP contribution is 2.52. The number of hydrogen-bond acceptors (Lipinski definition) is 2. The lowest BCUT2D eigenvalue weighted by Crippen LogP contribution is -2.34. The number of aliphatic imine (C=N–C) groups is 1. The van der Waals surface area contributed by atoms with Crippen LogP contribution in [0.2, 0.25) is 10.0 Å². The molecule has 0 bridgehead atoms. The van der Waals surface area contributed by atoms with Crippen molar-refractivity contribution in [1.29, 1.82) is 0 Å². The summed E-state index contributed by atoms with van der Waals surface area (Å²) in [5.41, 5.74) is 0.479. The van der Waals surface area contributed by atoms with Crippen LogP contribution in [-0.2, 0) is 11.0 Å². The van der Waals surface area contributed by atoms with E-state index in [-0.39, 0.29) is 29.6 Å². The maximum absolute atomic E-state index is 12.7. The number of halogens is 5. The number of nitrogens with one attached hydrogen (secondary N) is 1. The minimum atomic E-state index is -4.41. The van der Waals surface area contributed by atoms with Crippen LogP contribution in [0.5, 0.6) is 0 Å². The first-order valence-electron chi connectivity index (χ1n) is 7.77. The Labute approximate surface area is 156 Å². The monoisotopic (exact) mass is 398 g/mol. The third kappa shape index (κ3) is 2.97. The number of amides is 1. The third-order valence-corrected chi connectivity index (χ3v) is 5.20. The van der Waals surface area contributed by atoms with Gasteiger partial charge in [-0.25, -0.2) is 0 Å². The van der Waals surface area contributed by atoms with E-state index in [1.54, 1.807) is 18.2 Å². The molecule has 1 N–H and O–H groups in total. The average Bonchev–Trinajstić information content (AvgIpc) is 3.29. The molecular weight excluding hydrogens is 388 g/mol. The highest BCUT2D eigenvalue weighted by Gasteiger charge is 2.58. The van der Waals surface area contributed by atoms with E-state index in [0.29, 0.717) is 15.6 Å². The molecule has 1 saturated carbocycles. The molecule has 134 valence electrons. The second-order valence-corrected chi connectivity index (χ2v) is 7.10. The van der Waals surface area contributed by atoms with Gasteiger partial charge in [0.05, 0.1) is 11.5 Å². The van der Waals surface area contributed by atoms with Gasteiger partial charge >= 0.3 is 6.18 Å². The van der Waals surface area contributed by atoms with Crippen molar-refractivity contribution in [2.45, 2.75) is 18.1 Å². The first-order chi connectivity index (χ1) is 12.3. The maximum Gasteiger partial charge on any atom is 0.416 e. The third-order valence-electron chi connectivity index (χ3n) is 4.64. The van der Waals surface area contributed by atoms with Crippen LogP contribution < -0.4 is 5.32 Å². The number of amidine groups is 1. The molecule has 26 heavy (non-hydrogen) atoms. The number of benzene rings is 2. The Balaban J connectivity index is 1.57. The SMILES string of the molecule is O=C1N=C(c2ccc(C(F)(F)F)cc2)NC2C1C2c1ccc(Cl)cc1Cl. The summed E-state index contributed by atoms with van der Waals surface area (Å²) in [6, 6.07) is 9.45. The quantitative estimate of drug-likeness (QED) is 0.798. The zero-order valence-electron chi connectivity index (χ0n) is 13.0. The van der Waals surface area contributed by atoms with Gasteiger partial charge in [0, 0.05) is 27.6 Å². The fraction of sp³-hybridized carbons (Fsp3) is 0.222. The van der Waals surface area contributed by atoms with Gasteiger partial charge in [0.15, 0.2) is 0 Å². The van der Waals surface area contributed by atoms with E-state index in [1.165, 1.54) is 12.1 Å². The van der Waals surface area contributed by atoms with Crippen LogP contribution in [0.25, 0.3) is 0 Å². The Morgan fingerprint density at radius 3 is 2.31 bits per heavy atom. The lowest BCUT2D eigenvalue weighted by molar-refractivity contribution is -0.137. The van der Waals surface area contributed by atoms with E-state index in [4.69, 9.17) is 23.2 Å². The van der Waals surface area contributed by atoms with E-state index in [9.17, 15) is 18.0 Å². The summed E-state index contributed by atoms with van der Waals surface area (Å²) in [4.78, 5) is 16.3. The predicted molar refractivity (Wildman–Crippen MR) is 92.6 cm³/mol. The first-order valence-corrected chi connectivity index (χ1v) is 8.53. The number of alkyl halides is 3. The second kappa shape index (κ2) is 5.99.